The smallest absolute Gasteiger partial charge is 0.00858 e. The summed E-state index contributed by atoms with van der Waals surface area (Å²) in [6.45, 7) is 4.23. The molecule has 0 bridgehead atoms. The Morgan fingerprint density at radius 2 is 1.75 bits per heavy atom. The molecule has 1 rings (SSSR count). The maximum Gasteiger partial charge on any atom is 0.00858 e. The van der Waals surface area contributed by atoms with Crippen molar-refractivity contribution in [1.29, 1.82) is 0 Å². The summed E-state index contributed by atoms with van der Waals surface area (Å²) in [5.74, 6) is 0.799. The molecule has 64 valence electrons. The van der Waals surface area contributed by atoms with Gasteiger partial charge in [-0.1, -0.05) is 41.5 Å². The Hall–Kier alpha value is -0.690. The van der Waals surface area contributed by atoms with Crippen molar-refractivity contribution < 1.29 is 0 Å². The van der Waals surface area contributed by atoms with Gasteiger partial charge in [0, 0.05) is 5.75 Å². The molecule has 0 heterocycles. The first-order valence-electron chi connectivity index (χ1n) is 4.08. The molecule has 1 aromatic rings. The molecule has 0 aliphatic carbocycles. The highest BCUT2D eigenvalue weighted by atomic mass is 32.1. The van der Waals surface area contributed by atoms with Gasteiger partial charge >= 0.3 is 0 Å². The van der Waals surface area contributed by atoms with Crippen LogP contribution in [-0.4, -0.2) is 5.75 Å². The number of aryl methyl sites for hydroxylation is 2. The number of benzene rings is 1. The SMILES string of the molecule is Cc1cc(C)cc(C=CCS)c1. The Morgan fingerprint density at radius 3 is 2.25 bits per heavy atom. The molecule has 0 atom stereocenters. The summed E-state index contributed by atoms with van der Waals surface area (Å²) >= 11 is 4.12. The lowest BCUT2D eigenvalue weighted by Crippen LogP contribution is -1.79. The zero-order valence-corrected chi connectivity index (χ0v) is 8.44. The Balaban J connectivity index is 2.93. The van der Waals surface area contributed by atoms with Crippen molar-refractivity contribution in [2.45, 2.75) is 13.8 Å². The first kappa shape index (κ1) is 9.40. The topological polar surface area (TPSA) is 0 Å². The maximum atomic E-state index is 4.12. The van der Waals surface area contributed by atoms with Crippen molar-refractivity contribution in [2.75, 3.05) is 5.75 Å². The van der Waals surface area contributed by atoms with Crippen molar-refractivity contribution in [3.63, 3.8) is 0 Å². The van der Waals surface area contributed by atoms with Crippen LogP contribution in [0.15, 0.2) is 24.3 Å². The number of hydrogen-bond acceptors (Lipinski definition) is 1. The predicted octanol–water partition coefficient (Wildman–Crippen LogP) is 3.25. The average molecular weight is 178 g/mol. The van der Waals surface area contributed by atoms with E-state index in [1.54, 1.807) is 0 Å². The van der Waals surface area contributed by atoms with Crippen LogP contribution >= 0.6 is 12.6 Å². The van der Waals surface area contributed by atoms with Crippen LogP contribution in [0.4, 0.5) is 0 Å². The molecule has 0 nitrogen and oxygen atoms in total. The third-order valence-electron chi connectivity index (χ3n) is 1.66. The van der Waals surface area contributed by atoms with Gasteiger partial charge in [0.2, 0.25) is 0 Å². The Bertz CT molecular complexity index is 267. The van der Waals surface area contributed by atoms with Crippen molar-refractivity contribution in [3.8, 4) is 0 Å². The number of hydrogen-bond donors (Lipinski definition) is 1. The minimum absolute atomic E-state index is 0.799. The summed E-state index contributed by atoms with van der Waals surface area (Å²) in [6.07, 6.45) is 4.16. The summed E-state index contributed by atoms with van der Waals surface area (Å²) in [5.41, 5.74) is 3.89. The molecule has 0 spiro atoms. The molecule has 0 aliphatic rings. The first-order valence-corrected chi connectivity index (χ1v) is 4.71. The number of thiol groups is 1. The zero-order chi connectivity index (χ0) is 8.97. The predicted molar refractivity (Wildman–Crippen MR) is 58.8 cm³/mol. The molecule has 0 fully saturated rings. The minimum Gasteiger partial charge on any atom is -0.175 e. The average Bonchev–Trinajstić information content (AvgIpc) is 1.99. The fourth-order valence-electron chi connectivity index (χ4n) is 1.29. The van der Waals surface area contributed by atoms with Crippen LogP contribution in [-0.2, 0) is 0 Å². The molecule has 0 saturated heterocycles. The summed E-state index contributed by atoms with van der Waals surface area (Å²) < 4.78 is 0. The van der Waals surface area contributed by atoms with Crippen molar-refractivity contribution in [1.82, 2.24) is 0 Å². The van der Waals surface area contributed by atoms with E-state index in [9.17, 15) is 0 Å². The van der Waals surface area contributed by atoms with E-state index in [1.165, 1.54) is 16.7 Å². The standard InChI is InChI=1S/C11H14S/c1-9-6-10(2)8-11(7-9)4-3-5-12/h3-4,6-8,12H,5H2,1-2H3. The fraction of sp³-hybridized carbons (Fsp3) is 0.273. The van der Waals surface area contributed by atoms with E-state index in [2.05, 4.69) is 56.8 Å². The van der Waals surface area contributed by atoms with Gasteiger partial charge in [-0.3, -0.25) is 0 Å². The van der Waals surface area contributed by atoms with Crippen LogP contribution in [0.1, 0.15) is 16.7 Å². The lowest BCUT2D eigenvalue weighted by atomic mass is 10.1. The monoisotopic (exact) mass is 178 g/mol. The molecule has 0 radical (unpaired) electrons. The molecule has 0 amide bonds. The van der Waals surface area contributed by atoms with E-state index in [1.807, 2.05) is 0 Å². The van der Waals surface area contributed by atoms with Crippen LogP contribution in [0.5, 0.6) is 0 Å². The van der Waals surface area contributed by atoms with Gasteiger partial charge < -0.3 is 0 Å². The maximum absolute atomic E-state index is 4.12. The van der Waals surface area contributed by atoms with Crippen LogP contribution in [0.25, 0.3) is 6.08 Å². The van der Waals surface area contributed by atoms with Gasteiger partial charge in [-0.05, 0) is 19.4 Å². The van der Waals surface area contributed by atoms with Crippen molar-refractivity contribution in [2.24, 2.45) is 0 Å². The molecule has 12 heavy (non-hydrogen) atoms. The minimum atomic E-state index is 0.799. The van der Waals surface area contributed by atoms with Crippen LogP contribution in [0.3, 0.4) is 0 Å². The highest BCUT2D eigenvalue weighted by molar-refractivity contribution is 7.80. The lowest BCUT2D eigenvalue weighted by Gasteiger charge is -1.99. The Morgan fingerprint density at radius 1 is 1.17 bits per heavy atom. The van der Waals surface area contributed by atoms with E-state index in [-0.39, 0.29) is 0 Å². The van der Waals surface area contributed by atoms with E-state index < -0.39 is 0 Å². The molecule has 0 N–H and O–H groups in total. The van der Waals surface area contributed by atoms with Gasteiger partial charge in [0.1, 0.15) is 0 Å². The van der Waals surface area contributed by atoms with E-state index in [0.717, 1.165) is 5.75 Å². The molecular weight excluding hydrogens is 164 g/mol. The van der Waals surface area contributed by atoms with Gasteiger partial charge in [0.25, 0.3) is 0 Å². The van der Waals surface area contributed by atoms with E-state index in [0.29, 0.717) is 0 Å². The number of rotatable bonds is 2. The van der Waals surface area contributed by atoms with Gasteiger partial charge in [0.05, 0.1) is 0 Å². The molecule has 1 heteroatoms. The van der Waals surface area contributed by atoms with Crippen molar-refractivity contribution >= 4 is 18.7 Å². The summed E-state index contributed by atoms with van der Waals surface area (Å²) in [4.78, 5) is 0. The molecule has 0 saturated carbocycles. The third-order valence-corrected chi connectivity index (χ3v) is 1.87. The molecule has 1 aromatic carbocycles. The lowest BCUT2D eigenvalue weighted by molar-refractivity contribution is 1.37. The zero-order valence-electron chi connectivity index (χ0n) is 7.54. The molecular formula is C11H14S. The fourth-order valence-corrected chi connectivity index (χ4v) is 1.40. The second-order valence-corrected chi connectivity index (χ2v) is 3.37. The normalized spacial score (nSPS) is 10.9. The summed E-state index contributed by atoms with van der Waals surface area (Å²) in [7, 11) is 0. The molecule has 0 aromatic heterocycles. The van der Waals surface area contributed by atoms with E-state index in [4.69, 9.17) is 0 Å². The highest BCUT2D eigenvalue weighted by Crippen LogP contribution is 2.10. The van der Waals surface area contributed by atoms with Gasteiger partial charge in [-0.25, -0.2) is 0 Å². The summed E-state index contributed by atoms with van der Waals surface area (Å²) in [5, 5.41) is 0. The Kier molecular flexibility index (Phi) is 3.42. The second kappa shape index (κ2) is 4.36. The van der Waals surface area contributed by atoms with Crippen LogP contribution in [0.2, 0.25) is 0 Å². The molecule has 0 aliphatic heterocycles. The molecule has 0 unspecified atom stereocenters. The van der Waals surface area contributed by atoms with Crippen LogP contribution in [0, 0.1) is 13.8 Å². The quantitative estimate of drug-likeness (QED) is 0.660. The third kappa shape index (κ3) is 2.74. The second-order valence-electron chi connectivity index (χ2n) is 3.01. The Labute approximate surface area is 79.7 Å². The van der Waals surface area contributed by atoms with Gasteiger partial charge in [-0.15, -0.1) is 0 Å². The van der Waals surface area contributed by atoms with E-state index >= 15 is 0 Å². The van der Waals surface area contributed by atoms with Crippen LogP contribution < -0.4 is 0 Å². The summed E-state index contributed by atoms with van der Waals surface area (Å²) in [6, 6.07) is 6.53. The van der Waals surface area contributed by atoms with Gasteiger partial charge in [-0.2, -0.15) is 12.6 Å². The largest absolute Gasteiger partial charge is 0.175 e. The first-order chi connectivity index (χ1) is 5.72. The highest BCUT2D eigenvalue weighted by Gasteiger charge is 1.90. The van der Waals surface area contributed by atoms with Crippen molar-refractivity contribution in [3.05, 3.63) is 41.0 Å². The van der Waals surface area contributed by atoms with Gasteiger partial charge in [0.15, 0.2) is 0 Å².